The number of urea groups is 1. The number of benzene rings is 1. The number of hydrogen-bond donors (Lipinski definition) is 2. The van der Waals surface area contributed by atoms with E-state index in [1.54, 1.807) is 29.2 Å². The third kappa shape index (κ3) is 4.66. The van der Waals surface area contributed by atoms with Gasteiger partial charge < -0.3 is 30.5 Å². The molecule has 174 valence electrons. The zero-order valence-electron chi connectivity index (χ0n) is 18.7. The Labute approximate surface area is 191 Å². The van der Waals surface area contributed by atoms with Crippen molar-refractivity contribution in [1.82, 2.24) is 19.8 Å². The molecular weight excluding hydrogens is 426 g/mol. The van der Waals surface area contributed by atoms with Crippen LogP contribution in [-0.4, -0.2) is 84.1 Å². The Hall–Kier alpha value is -3.89. The van der Waals surface area contributed by atoms with Gasteiger partial charge in [-0.15, -0.1) is 0 Å². The van der Waals surface area contributed by atoms with E-state index in [1.807, 2.05) is 11.9 Å². The summed E-state index contributed by atoms with van der Waals surface area (Å²) in [4.78, 5) is 50.6. The molecule has 3 amide bonds. The van der Waals surface area contributed by atoms with Crippen LogP contribution < -0.4 is 16.0 Å². The number of ether oxygens (including phenoxy) is 1. The van der Waals surface area contributed by atoms with Gasteiger partial charge in [0.15, 0.2) is 11.5 Å². The maximum absolute atomic E-state index is 12.4. The number of primary amides is 1. The van der Waals surface area contributed by atoms with Crippen molar-refractivity contribution in [3.8, 4) is 0 Å². The van der Waals surface area contributed by atoms with E-state index in [0.29, 0.717) is 30.2 Å². The maximum atomic E-state index is 12.4. The number of anilines is 3. The highest BCUT2D eigenvalue weighted by Gasteiger charge is 2.34. The molecule has 2 aromatic rings. The molecule has 0 bridgehead atoms. The fourth-order valence-corrected chi connectivity index (χ4v) is 4.17. The minimum atomic E-state index is -0.704. The Kier molecular flexibility index (Phi) is 6.29. The average molecular weight is 454 g/mol. The molecule has 0 aliphatic carbocycles. The van der Waals surface area contributed by atoms with Gasteiger partial charge in [-0.1, -0.05) is 0 Å². The molecule has 2 saturated heterocycles. The number of nitrogens with one attached hydrogen (secondary N) is 1. The molecule has 1 aromatic carbocycles. The number of carbonyl (C=O) groups is 3. The molecule has 1 atom stereocenters. The normalized spacial score (nSPS) is 18.4. The summed E-state index contributed by atoms with van der Waals surface area (Å²) in [6.45, 7) is 2.85. The SMILES string of the molecule is COC(=O)c1ccc(Nc2nc(N3CCCC(N4CCN(C)C4=O)C3)cnc2C(N)=O)cc1. The van der Waals surface area contributed by atoms with Crippen LogP contribution >= 0.6 is 0 Å². The Morgan fingerprint density at radius 2 is 1.94 bits per heavy atom. The molecule has 11 heteroatoms. The average Bonchev–Trinajstić information content (AvgIpc) is 3.17. The molecule has 1 aromatic heterocycles. The number of amides is 3. The molecule has 3 heterocycles. The molecule has 0 radical (unpaired) electrons. The van der Waals surface area contributed by atoms with Crippen LogP contribution in [0.2, 0.25) is 0 Å². The number of carbonyl (C=O) groups excluding carboxylic acids is 3. The first-order valence-electron chi connectivity index (χ1n) is 10.8. The largest absolute Gasteiger partial charge is 0.465 e. The fourth-order valence-electron chi connectivity index (χ4n) is 4.17. The molecular formula is C22H27N7O4. The van der Waals surface area contributed by atoms with Crippen molar-refractivity contribution in [3.05, 3.63) is 41.7 Å². The molecule has 2 fully saturated rings. The van der Waals surface area contributed by atoms with Crippen molar-refractivity contribution in [2.45, 2.75) is 18.9 Å². The zero-order valence-corrected chi connectivity index (χ0v) is 18.7. The molecule has 1 unspecified atom stereocenters. The monoisotopic (exact) mass is 453 g/mol. The van der Waals surface area contributed by atoms with Crippen LogP contribution in [0, 0.1) is 0 Å². The van der Waals surface area contributed by atoms with Gasteiger partial charge in [0.25, 0.3) is 5.91 Å². The van der Waals surface area contributed by atoms with Gasteiger partial charge in [-0.05, 0) is 37.1 Å². The van der Waals surface area contributed by atoms with Crippen molar-refractivity contribution >= 4 is 35.2 Å². The van der Waals surface area contributed by atoms with E-state index in [0.717, 1.165) is 25.9 Å². The summed E-state index contributed by atoms with van der Waals surface area (Å²) < 4.78 is 4.71. The van der Waals surface area contributed by atoms with Gasteiger partial charge in [-0.25, -0.2) is 19.6 Å². The highest BCUT2D eigenvalue weighted by atomic mass is 16.5. The maximum Gasteiger partial charge on any atom is 0.337 e. The summed E-state index contributed by atoms with van der Waals surface area (Å²) in [5, 5.41) is 3.07. The van der Waals surface area contributed by atoms with Gasteiger partial charge in [-0.3, -0.25) is 4.79 Å². The number of rotatable bonds is 6. The predicted molar refractivity (Wildman–Crippen MR) is 122 cm³/mol. The number of hydrogen-bond acceptors (Lipinski definition) is 8. The van der Waals surface area contributed by atoms with Crippen LogP contribution in [0.3, 0.4) is 0 Å². The lowest BCUT2D eigenvalue weighted by Gasteiger charge is -2.37. The van der Waals surface area contributed by atoms with Crippen molar-refractivity contribution in [1.29, 1.82) is 0 Å². The summed E-state index contributed by atoms with van der Waals surface area (Å²) in [6, 6.07) is 6.71. The van der Waals surface area contributed by atoms with Gasteiger partial charge >= 0.3 is 12.0 Å². The highest BCUT2D eigenvalue weighted by Crippen LogP contribution is 2.26. The Morgan fingerprint density at radius 1 is 1.18 bits per heavy atom. The second kappa shape index (κ2) is 9.31. The lowest BCUT2D eigenvalue weighted by atomic mass is 10.0. The van der Waals surface area contributed by atoms with Crippen LogP contribution in [0.4, 0.5) is 22.1 Å². The first-order chi connectivity index (χ1) is 15.9. The minimum Gasteiger partial charge on any atom is -0.465 e. The quantitative estimate of drug-likeness (QED) is 0.628. The van der Waals surface area contributed by atoms with Crippen LogP contribution in [-0.2, 0) is 4.74 Å². The van der Waals surface area contributed by atoms with E-state index >= 15 is 0 Å². The van der Waals surface area contributed by atoms with Gasteiger partial charge in [0.2, 0.25) is 0 Å². The van der Waals surface area contributed by atoms with E-state index in [4.69, 9.17) is 10.5 Å². The van der Waals surface area contributed by atoms with Crippen molar-refractivity contribution in [3.63, 3.8) is 0 Å². The lowest BCUT2D eigenvalue weighted by molar-refractivity contribution is 0.0600. The summed E-state index contributed by atoms with van der Waals surface area (Å²) in [5.74, 6) is -0.322. The molecule has 0 saturated carbocycles. The number of piperidine rings is 1. The molecule has 3 N–H and O–H groups in total. The molecule has 4 rings (SSSR count). The topological polar surface area (TPSA) is 134 Å². The zero-order chi connectivity index (χ0) is 23.5. The third-order valence-electron chi connectivity index (χ3n) is 5.97. The van der Waals surface area contributed by atoms with E-state index in [2.05, 4.69) is 20.2 Å². The standard InChI is InChI=1S/C22H27N7O4/c1-27-10-11-29(22(27)32)16-4-3-9-28(13-16)17-12-24-18(19(23)30)20(26-17)25-15-7-5-14(6-8-15)21(31)33-2/h5-8,12,16H,3-4,9-11,13H2,1-2H3,(H2,23,30)(H,25,26). The van der Waals surface area contributed by atoms with E-state index in [-0.39, 0.29) is 23.6 Å². The number of esters is 1. The first kappa shape index (κ1) is 22.3. The summed E-state index contributed by atoms with van der Waals surface area (Å²) in [6.07, 6.45) is 3.38. The van der Waals surface area contributed by atoms with Crippen molar-refractivity contribution in [2.75, 3.05) is 50.6 Å². The van der Waals surface area contributed by atoms with Crippen molar-refractivity contribution < 1.29 is 19.1 Å². The number of nitrogens with two attached hydrogens (primary N) is 1. The van der Waals surface area contributed by atoms with Crippen LogP contribution in [0.5, 0.6) is 0 Å². The van der Waals surface area contributed by atoms with E-state index in [1.165, 1.54) is 13.3 Å². The summed E-state index contributed by atoms with van der Waals surface area (Å²) in [7, 11) is 3.13. The summed E-state index contributed by atoms with van der Waals surface area (Å²) in [5.41, 5.74) is 6.53. The van der Waals surface area contributed by atoms with Gasteiger partial charge in [0.1, 0.15) is 5.82 Å². The first-order valence-corrected chi connectivity index (χ1v) is 10.8. The molecule has 2 aliphatic heterocycles. The van der Waals surface area contributed by atoms with E-state index < -0.39 is 11.9 Å². The molecule has 2 aliphatic rings. The second-order valence-electron chi connectivity index (χ2n) is 8.12. The third-order valence-corrected chi connectivity index (χ3v) is 5.97. The van der Waals surface area contributed by atoms with Crippen molar-refractivity contribution in [2.24, 2.45) is 5.73 Å². The highest BCUT2D eigenvalue weighted by molar-refractivity contribution is 5.96. The minimum absolute atomic E-state index is 0.0145. The van der Waals surface area contributed by atoms with Crippen LogP contribution in [0.1, 0.15) is 33.7 Å². The Bertz CT molecular complexity index is 1060. The number of aromatic nitrogens is 2. The number of nitrogens with zero attached hydrogens (tertiary/aromatic N) is 5. The number of likely N-dealkylation sites (N-methyl/N-ethyl adjacent to an activating group) is 1. The number of methoxy groups -OCH3 is 1. The molecule has 11 nitrogen and oxygen atoms in total. The van der Waals surface area contributed by atoms with Crippen LogP contribution in [0.25, 0.3) is 0 Å². The second-order valence-corrected chi connectivity index (χ2v) is 8.12. The smallest absolute Gasteiger partial charge is 0.337 e. The summed E-state index contributed by atoms with van der Waals surface area (Å²) >= 11 is 0. The van der Waals surface area contributed by atoms with Gasteiger partial charge in [-0.2, -0.15) is 0 Å². The Morgan fingerprint density at radius 3 is 2.58 bits per heavy atom. The predicted octanol–water partition coefficient (Wildman–Crippen LogP) is 1.44. The van der Waals surface area contributed by atoms with Gasteiger partial charge in [0, 0.05) is 38.9 Å². The van der Waals surface area contributed by atoms with Gasteiger partial charge in [0.05, 0.1) is 24.9 Å². The van der Waals surface area contributed by atoms with Crippen LogP contribution in [0.15, 0.2) is 30.5 Å². The fraction of sp³-hybridized carbons (Fsp3) is 0.409. The lowest BCUT2D eigenvalue weighted by Crippen LogP contribution is -2.49. The van der Waals surface area contributed by atoms with E-state index in [9.17, 15) is 14.4 Å². The molecule has 33 heavy (non-hydrogen) atoms. The molecule has 0 spiro atoms. The Balaban J connectivity index is 1.55.